The molecule has 292 valence electrons. The summed E-state index contributed by atoms with van der Waals surface area (Å²) in [4.78, 5) is 42.1. The van der Waals surface area contributed by atoms with Crippen molar-refractivity contribution in [2.75, 3.05) is 53.4 Å². The highest BCUT2D eigenvalue weighted by atomic mass is 32.2. The number of aryl methyl sites for hydroxylation is 1. The van der Waals surface area contributed by atoms with Gasteiger partial charge in [-0.15, -0.1) is 0 Å². The zero-order valence-electron chi connectivity index (χ0n) is 32.8. The van der Waals surface area contributed by atoms with E-state index in [9.17, 15) is 18.0 Å². The summed E-state index contributed by atoms with van der Waals surface area (Å²) in [7, 11) is 2.09. The van der Waals surface area contributed by atoms with Crippen molar-refractivity contribution in [1.29, 1.82) is 0 Å². The minimum Gasteiger partial charge on any atom is -0.358 e. The van der Waals surface area contributed by atoms with Gasteiger partial charge in [-0.05, 0) is 99.1 Å². The van der Waals surface area contributed by atoms with E-state index in [1.807, 2.05) is 29.0 Å². The minimum atomic E-state index is -3.85. The summed E-state index contributed by atoms with van der Waals surface area (Å²) in [5.41, 5.74) is 7.71. The molecule has 1 N–H and O–H groups in total. The number of rotatable bonds is 4. The number of aromatic amines is 1. The molecule has 0 aliphatic carbocycles. The first-order valence-corrected chi connectivity index (χ1v) is 21.3. The quantitative estimate of drug-likeness (QED) is 0.257. The third-order valence-electron chi connectivity index (χ3n) is 12.3. The number of H-pyrrole nitrogens is 1. The SMILES string of the molecule is CC1CCN(C(=O)c2ccc3[nH]c4c(c3c2)CN(C)CC4)CC1.CC1CCN(C(=O)c2ccc3c(c2)c2c(n3S(=O)(=O)c3cn(C)cn3)CCN(C)C2)CC1. The predicted molar refractivity (Wildman–Crippen MR) is 215 cm³/mol. The van der Waals surface area contributed by atoms with Crippen LogP contribution in [-0.4, -0.2) is 112 Å². The molecule has 13 heteroatoms. The number of carbonyl (C=O) groups excluding carboxylic acids is 2. The second-order valence-electron chi connectivity index (χ2n) is 16.6. The second-order valence-corrected chi connectivity index (χ2v) is 18.3. The summed E-state index contributed by atoms with van der Waals surface area (Å²) in [5, 5.41) is 2.09. The molecule has 9 rings (SSSR count). The standard InChI is InChI=1S/C23H29N5O3S.C19H25N3O/c1-16-6-10-27(11-7-16)23(29)17-4-5-20-18(12-17)19-13-25(2)9-8-21(19)28(20)32(30,31)22-14-26(3)15-24-22;1-13-5-9-22(10-6-13)19(23)14-3-4-17-15(11-14)16-12-21(2)8-7-18(16)20-17/h4-5,12,14-16H,6-11,13H2,1-3H3;3-4,11,13,20H,5-10,12H2,1-2H3. The first-order chi connectivity index (χ1) is 26.4. The molecule has 0 saturated carbocycles. The second kappa shape index (κ2) is 14.9. The fourth-order valence-corrected chi connectivity index (χ4v) is 10.3. The summed E-state index contributed by atoms with van der Waals surface area (Å²) in [5.74, 6) is 1.61. The van der Waals surface area contributed by atoms with Gasteiger partial charge in [0.15, 0.2) is 5.03 Å². The number of likely N-dealkylation sites (tertiary alicyclic amines) is 2. The van der Waals surface area contributed by atoms with Crippen LogP contribution in [0.1, 0.15) is 82.8 Å². The first-order valence-electron chi connectivity index (χ1n) is 19.9. The third kappa shape index (κ3) is 7.22. The Kier molecular flexibility index (Phi) is 10.1. The largest absolute Gasteiger partial charge is 0.358 e. The number of amides is 2. The highest BCUT2D eigenvalue weighted by molar-refractivity contribution is 7.90. The summed E-state index contributed by atoms with van der Waals surface area (Å²) < 4.78 is 30.2. The van der Waals surface area contributed by atoms with E-state index >= 15 is 0 Å². The van der Waals surface area contributed by atoms with Crippen molar-refractivity contribution in [2.45, 2.75) is 70.5 Å². The van der Waals surface area contributed by atoms with Crippen molar-refractivity contribution in [3.05, 3.63) is 82.6 Å². The van der Waals surface area contributed by atoms with Gasteiger partial charge in [-0.3, -0.25) is 9.59 Å². The van der Waals surface area contributed by atoms with Crippen molar-refractivity contribution in [1.82, 2.24) is 38.1 Å². The lowest BCUT2D eigenvalue weighted by Gasteiger charge is -2.30. The van der Waals surface area contributed by atoms with Gasteiger partial charge in [-0.1, -0.05) is 13.8 Å². The number of nitrogens with zero attached hydrogens (tertiary/aromatic N) is 7. The Morgan fingerprint density at radius 1 is 0.727 bits per heavy atom. The Balaban J connectivity index is 0.000000164. The molecule has 4 aliphatic heterocycles. The summed E-state index contributed by atoms with van der Waals surface area (Å²) in [6, 6.07) is 11.6. The number of fused-ring (bicyclic) bond motifs is 6. The summed E-state index contributed by atoms with van der Waals surface area (Å²) >= 11 is 0. The molecule has 2 amide bonds. The van der Waals surface area contributed by atoms with Gasteiger partial charge in [0.1, 0.15) is 0 Å². The zero-order chi connectivity index (χ0) is 38.6. The molecule has 12 nitrogen and oxygen atoms in total. The topological polar surface area (TPSA) is 120 Å². The number of aromatic nitrogens is 4. The highest BCUT2D eigenvalue weighted by Crippen LogP contribution is 2.35. The third-order valence-corrected chi connectivity index (χ3v) is 13.9. The summed E-state index contributed by atoms with van der Waals surface area (Å²) in [6.07, 6.45) is 9.00. The molecule has 55 heavy (non-hydrogen) atoms. The Morgan fingerprint density at radius 2 is 1.29 bits per heavy atom. The maximum Gasteiger partial charge on any atom is 0.287 e. The van der Waals surface area contributed by atoms with Crippen LogP contribution >= 0.6 is 0 Å². The van der Waals surface area contributed by atoms with Crippen LogP contribution in [-0.2, 0) is 43.0 Å². The van der Waals surface area contributed by atoms with Crippen LogP contribution in [0.15, 0.2) is 53.9 Å². The number of benzene rings is 2. The molecular weight excluding hydrogens is 713 g/mol. The average Bonchev–Trinajstić information content (AvgIpc) is 3.88. The van der Waals surface area contributed by atoms with E-state index < -0.39 is 10.0 Å². The number of imidazole rings is 1. The van der Waals surface area contributed by atoms with E-state index in [1.165, 1.54) is 33.1 Å². The van der Waals surface area contributed by atoms with E-state index in [1.54, 1.807) is 23.7 Å². The fraction of sp³-hybridized carbons (Fsp3) is 0.500. The zero-order valence-corrected chi connectivity index (χ0v) is 33.7. The molecule has 0 radical (unpaired) electrons. The average molecular weight is 767 g/mol. The van der Waals surface area contributed by atoms with Gasteiger partial charge >= 0.3 is 0 Å². The van der Waals surface area contributed by atoms with E-state index in [0.29, 0.717) is 30.0 Å². The van der Waals surface area contributed by atoms with E-state index in [2.05, 4.69) is 52.8 Å². The number of nitrogens with one attached hydrogen (secondary N) is 1. The van der Waals surface area contributed by atoms with Crippen molar-refractivity contribution in [3.8, 4) is 0 Å². The molecule has 4 aliphatic rings. The predicted octanol–water partition coefficient (Wildman–Crippen LogP) is 5.50. The van der Waals surface area contributed by atoms with Crippen molar-refractivity contribution < 1.29 is 18.0 Å². The molecule has 2 aromatic carbocycles. The number of piperidine rings is 2. The van der Waals surface area contributed by atoms with Crippen LogP contribution in [0.2, 0.25) is 0 Å². The van der Waals surface area contributed by atoms with Crippen LogP contribution in [0.25, 0.3) is 21.8 Å². The molecular formula is C42H54N8O4S. The molecule has 0 spiro atoms. The number of likely N-dealkylation sites (N-methyl/N-ethyl adjacent to an activating group) is 2. The molecule has 0 unspecified atom stereocenters. The van der Waals surface area contributed by atoms with E-state index in [-0.39, 0.29) is 16.8 Å². The van der Waals surface area contributed by atoms with Gasteiger partial charge in [0.2, 0.25) is 0 Å². The Morgan fingerprint density at radius 3 is 1.89 bits per heavy atom. The van der Waals surface area contributed by atoms with Gasteiger partial charge in [-0.25, -0.2) is 8.96 Å². The summed E-state index contributed by atoms with van der Waals surface area (Å²) in [6.45, 7) is 11.3. The lowest BCUT2D eigenvalue weighted by Crippen LogP contribution is -2.37. The molecule has 5 aromatic rings. The fourth-order valence-electron chi connectivity index (χ4n) is 8.75. The molecule has 2 fully saturated rings. The van der Waals surface area contributed by atoms with Crippen molar-refractivity contribution in [3.63, 3.8) is 0 Å². The first kappa shape index (κ1) is 37.5. The van der Waals surface area contributed by atoms with Crippen LogP contribution in [0.3, 0.4) is 0 Å². The normalized spacial score (nSPS) is 19.0. The molecule has 7 heterocycles. The van der Waals surface area contributed by atoms with Crippen LogP contribution in [0.5, 0.6) is 0 Å². The van der Waals surface area contributed by atoms with Crippen molar-refractivity contribution >= 4 is 43.6 Å². The number of hydrogen-bond donors (Lipinski definition) is 1. The Bertz CT molecular complexity index is 2360. The maximum atomic E-state index is 13.6. The molecule has 3 aromatic heterocycles. The van der Waals surface area contributed by atoms with Gasteiger partial charge in [0.25, 0.3) is 21.8 Å². The van der Waals surface area contributed by atoms with Crippen LogP contribution < -0.4 is 0 Å². The van der Waals surface area contributed by atoms with Gasteiger partial charge in [0.05, 0.1) is 11.8 Å². The maximum absolute atomic E-state index is 13.6. The molecule has 0 atom stereocenters. The van der Waals surface area contributed by atoms with Crippen LogP contribution in [0.4, 0.5) is 0 Å². The number of hydrogen-bond acceptors (Lipinski definition) is 7. The monoisotopic (exact) mass is 766 g/mol. The minimum absolute atomic E-state index is 0.0250. The molecule has 2 saturated heterocycles. The lowest BCUT2D eigenvalue weighted by molar-refractivity contribution is 0.0689. The van der Waals surface area contributed by atoms with E-state index in [4.69, 9.17) is 0 Å². The smallest absolute Gasteiger partial charge is 0.287 e. The lowest BCUT2D eigenvalue weighted by atomic mass is 9.98. The van der Waals surface area contributed by atoms with Crippen LogP contribution in [0, 0.1) is 11.8 Å². The van der Waals surface area contributed by atoms with E-state index in [0.717, 1.165) is 112 Å². The van der Waals surface area contributed by atoms with Gasteiger partial charge < -0.3 is 29.2 Å². The number of carbonyl (C=O) groups is 2. The van der Waals surface area contributed by atoms with Gasteiger partial charge in [0, 0.05) is 117 Å². The van der Waals surface area contributed by atoms with Crippen molar-refractivity contribution in [2.24, 2.45) is 18.9 Å². The Labute approximate surface area is 324 Å². The highest BCUT2D eigenvalue weighted by Gasteiger charge is 2.32. The molecule has 0 bridgehead atoms. The Hall–Kier alpha value is -4.46. The van der Waals surface area contributed by atoms with Gasteiger partial charge in [-0.2, -0.15) is 8.42 Å².